The fraction of sp³-hybridized carbons (Fsp3) is 0.467. The molecule has 1 fully saturated rings. The number of hydrogen-bond acceptors (Lipinski definition) is 3. The maximum atomic E-state index is 13.5. The summed E-state index contributed by atoms with van der Waals surface area (Å²) >= 11 is 0. The molecular weight excluding hydrogens is 277 g/mol. The van der Waals surface area contributed by atoms with E-state index in [4.69, 9.17) is 9.84 Å². The molecule has 21 heavy (non-hydrogen) atoms. The van der Waals surface area contributed by atoms with Gasteiger partial charge >= 0.3 is 5.97 Å². The number of carbonyl (C=O) groups is 2. The van der Waals surface area contributed by atoms with Crippen molar-refractivity contribution in [2.45, 2.75) is 25.9 Å². The van der Waals surface area contributed by atoms with E-state index < -0.39 is 23.8 Å². The van der Waals surface area contributed by atoms with Gasteiger partial charge in [0.05, 0.1) is 5.92 Å². The lowest BCUT2D eigenvalue weighted by Gasteiger charge is -2.32. The number of benzene rings is 1. The number of amides is 1. The van der Waals surface area contributed by atoms with Gasteiger partial charge in [0.2, 0.25) is 0 Å². The molecule has 1 saturated heterocycles. The van der Waals surface area contributed by atoms with Gasteiger partial charge in [0.15, 0.2) is 17.7 Å². The monoisotopic (exact) mass is 295 g/mol. The van der Waals surface area contributed by atoms with Crippen LogP contribution in [-0.2, 0) is 9.59 Å². The Hall–Kier alpha value is -2.11. The number of para-hydroxylation sites is 1. The number of rotatable bonds is 4. The van der Waals surface area contributed by atoms with Gasteiger partial charge in [-0.25, -0.2) is 4.39 Å². The Labute approximate surface area is 122 Å². The van der Waals surface area contributed by atoms with E-state index in [-0.39, 0.29) is 11.7 Å². The molecule has 6 heteroatoms. The lowest BCUT2D eigenvalue weighted by atomic mass is 9.97. The number of carboxylic acids is 1. The van der Waals surface area contributed by atoms with Crippen molar-refractivity contribution in [3.05, 3.63) is 30.1 Å². The molecule has 1 N–H and O–H groups in total. The van der Waals surface area contributed by atoms with Crippen LogP contribution in [0.4, 0.5) is 4.39 Å². The van der Waals surface area contributed by atoms with Crippen LogP contribution in [0.25, 0.3) is 0 Å². The van der Waals surface area contributed by atoms with Crippen LogP contribution in [0.2, 0.25) is 0 Å². The maximum absolute atomic E-state index is 13.5. The first-order valence-electron chi connectivity index (χ1n) is 6.92. The van der Waals surface area contributed by atoms with Crippen LogP contribution in [0.3, 0.4) is 0 Å². The van der Waals surface area contributed by atoms with Gasteiger partial charge in [0.25, 0.3) is 5.91 Å². The van der Waals surface area contributed by atoms with Crippen molar-refractivity contribution < 1.29 is 23.8 Å². The van der Waals surface area contributed by atoms with Gasteiger partial charge in [-0.2, -0.15) is 0 Å². The quantitative estimate of drug-likeness (QED) is 0.921. The molecule has 0 saturated carbocycles. The van der Waals surface area contributed by atoms with Gasteiger partial charge in [-0.3, -0.25) is 9.59 Å². The lowest BCUT2D eigenvalue weighted by molar-refractivity contribution is -0.147. The fourth-order valence-corrected chi connectivity index (χ4v) is 2.39. The number of likely N-dealkylation sites (tertiary alicyclic amines) is 1. The molecule has 5 nitrogen and oxygen atoms in total. The Kier molecular flexibility index (Phi) is 4.77. The highest BCUT2D eigenvalue weighted by atomic mass is 19.1. The van der Waals surface area contributed by atoms with E-state index in [1.807, 2.05) is 0 Å². The summed E-state index contributed by atoms with van der Waals surface area (Å²) in [5.74, 6) is -1.93. The molecule has 0 bridgehead atoms. The highest BCUT2D eigenvalue weighted by molar-refractivity contribution is 5.81. The summed E-state index contributed by atoms with van der Waals surface area (Å²) in [6, 6.07) is 5.92. The second-order valence-electron chi connectivity index (χ2n) is 5.13. The molecule has 1 aliphatic heterocycles. The molecule has 1 amide bonds. The Balaban J connectivity index is 1.92. The van der Waals surface area contributed by atoms with Gasteiger partial charge < -0.3 is 14.7 Å². The molecule has 1 unspecified atom stereocenters. The van der Waals surface area contributed by atoms with Gasteiger partial charge in [0.1, 0.15) is 0 Å². The number of piperidine rings is 1. The highest BCUT2D eigenvalue weighted by Gasteiger charge is 2.30. The van der Waals surface area contributed by atoms with Crippen molar-refractivity contribution in [3.63, 3.8) is 0 Å². The van der Waals surface area contributed by atoms with E-state index in [0.717, 1.165) is 0 Å². The van der Waals surface area contributed by atoms with Gasteiger partial charge in [-0.05, 0) is 31.9 Å². The molecule has 0 spiro atoms. The summed E-state index contributed by atoms with van der Waals surface area (Å²) < 4.78 is 18.8. The number of aliphatic carboxylic acids is 1. The smallest absolute Gasteiger partial charge is 0.306 e. The summed E-state index contributed by atoms with van der Waals surface area (Å²) in [7, 11) is 0. The number of carbonyl (C=O) groups excluding carboxylic acids is 1. The van der Waals surface area contributed by atoms with Gasteiger partial charge in [0, 0.05) is 13.1 Å². The first kappa shape index (κ1) is 15.3. The minimum absolute atomic E-state index is 0.0405. The Morgan fingerprint density at radius 2 is 1.95 bits per heavy atom. The number of ether oxygens (including phenoxy) is 1. The maximum Gasteiger partial charge on any atom is 0.306 e. The summed E-state index contributed by atoms with van der Waals surface area (Å²) in [6.45, 7) is 2.35. The van der Waals surface area contributed by atoms with Crippen molar-refractivity contribution in [1.29, 1.82) is 0 Å². The van der Waals surface area contributed by atoms with Crippen LogP contribution >= 0.6 is 0 Å². The highest BCUT2D eigenvalue weighted by Crippen LogP contribution is 2.21. The molecule has 1 heterocycles. The topological polar surface area (TPSA) is 66.8 Å². The molecule has 1 atom stereocenters. The zero-order valence-electron chi connectivity index (χ0n) is 11.8. The molecule has 0 aliphatic carbocycles. The molecular formula is C15H18FNO4. The predicted molar refractivity (Wildman–Crippen MR) is 73.4 cm³/mol. The third-order valence-corrected chi connectivity index (χ3v) is 3.64. The first-order valence-corrected chi connectivity index (χ1v) is 6.92. The third kappa shape index (κ3) is 3.71. The summed E-state index contributed by atoms with van der Waals surface area (Å²) in [4.78, 5) is 24.7. The van der Waals surface area contributed by atoms with Crippen molar-refractivity contribution >= 4 is 11.9 Å². The summed E-state index contributed by atoms with van der Waals surface area (Å²) in [5.41, 5.74) is 0. The average Bonchev–Trinajstić information content (AvgIpc) is 2.49. The Morgan fingerprint density at radius 1 is 1.33 bits per heavy atom. The van der Waals surface area contributed by atoms with Crippen LogP contribution < -0.4 is 4.74 Å². The normalized spacial score (nSPS) is 17.3. The SMILES string of the molecule is CC(Oc1ccccc1F)C(=O)N1CCC(C(=O)O)CC1. The molecule has 0 radical (unpaired) electrons. The number of nitrogens with zero attached hydrogens (tertiary/aromatic N) is 1. The largest absolute Gasteiger partial charge is 0.481 e. The van der Waals surface area contributed by atoms with Crippen molar-refractivity contribution in [3.8, 4) is 5.75 Å². The van der Waals surface area contributed by atoms with Crippen LogP contribution in [0.5, 0.6) is 5.75 Å². The van der Waals surface area contributed by atoms with E-state index in [1.54, 1.807) is 24.0 Å². The van der Waals surface area contributed by atoms with Crippen molar-refractivity contribution in [2.75, 3.05) is 13.1 Å². The van der Waals surface area contributed by atoms with Crippen LogP contribution in [0, 0.1) is 11.7 Å². The van der Waals surface area contributed by atoms with E-state index in [2.05, 4.69) is 0 Å². The lowest BCUT2D eigenvalue weighted by Crippen LogP contribution is -2.45. The van der Waals surface area contributed by atoms with E-state index >= 15 is 0 Å². The van der Waals surface area contributed by atoms with Crippen LogP contribution in [0.15, 0.2) is 24.3 Å². The fourth-order valence-electron chi connectivity index (χ4n) is 2.39. The second-order valence-corrected chi connectivity index (χ2v) is 5.13. The molecule has 2 rings (SSSR count). The van der Waals surface area contributed by atoms with Crippen LogP contribution in [-0.4, -0.2) is 41.1 Å². The number of carboxylic acid groups (broad SMARTS) is 1. The number of halogens is 1. The standard InChI is InChI=1S/C15H18FNO4/c1-10(21-13-5-3-2-4-12(13)16)14(18)17-8-6-11(7-9-17)15(19)20/h2-5,10-11H,6-9H2,1H3,(H,19,20). The Bertz CT molecular complexity index is 526. The zero-order chi connectivity index (χ0) is 15.4. The van der Waals surface area contributed by atoms with Gasteiger partial charge in [-0.15, -0.1) is 0 Å². The second kappa shape index (κ2) is 6.56. The third-order valence-electron chi connectivity index (χ3n) is 3.64. The average molecular weight is 295 g/mol. The van der Waals surface area contributed by atoms with Crippen LogP contribution in [0.1, 0.15) is 19.8 Å². The van der Waals surface area contributed by atoms with Crippen molar-refractivity contribution in [2.24, 2.45) is 5.92 Å². The molecule has 0 aromatic heterocycles. The molecule has 1 aromatic rings. The molecule has 1 aliphatic rings. The molecule has 1 aromatic carbocycles. The summed E-state index contributed by atoms with van der Waals surface area (Å²) in [6.07, 6.45) is 0.0735. The van der Waals surface area contributed by atoms with E-state index in [1.165, 1.54) is 12.1 Å². The number of hydrogen-bond donors (Lipinski definition) is 1. The molecule has 114 valence electrons. The summed E-state index contributed by atoms with van der Waals surface area (Å²) in [5, 5.41) is 8.93. The zero-order valence-corrected chi connectivity index (χ0v) is 11.8. The predicted octanol–water partition coefficient (Wildman–Crippen LogP) is 1.92. The first-order chi connectivity index (χ1) is 9.99. The van der Waals surface area contributed by atoms with E-state index in [9.17, 15) is 14.0 Å². The Morgan fingerprint density at radius 3 is 2.52 bits per heavy atom. The van der Waals surface area contributed by atoms with Crippen molar-refractivity contribution in [1.82, 2.24) is 4.90 Å². The minimum atomic E-state index is -0.822. The minimum Gasteiger partial charge on any atom is -0.481 e. The van der Waals surface area contributed by atoms with E-state index in [0.29, 0.717) is 25.9 Å². The van der Waals surface area contributed by atoms with Gasteiger partial charge in [-0.1, -0.05) is 12.1 Å².